The van der Waals surface area contributed by atoms with Crippen LogP contribution in [0.2, 0.25) is 0 Å². The molecule has 0 radical (unpaired) electrons. The third kappa shape index (κ3) is 3.42. The highest BCUT2D eigenvalue weighted by Gasteiger charge is 2.78. The molecular weight excluding hydrogens is 541 g/mol. The number of ether oxygens (including phenoxy) is 1. The van der Waals surface area contributed by atoms with Gasteiger partial charge in [-0.3, -0.25) is 14.0 Å². The van der Waals surface area contributed by atoms with Gasteiger partial charge >= 0.3 is 5.97 Å². The summed E-state index contributed by atoms with van der Waals surface area (Å²) in [6.07, 6.45) is 3.03. The number of esters is 1. The van der Waals surface area contributed by atoms with E-state index >= 15 is 4.39 Å². The smallest absolute Gasteiger partial charge is 0.375 e. The van der Waals surface area contributed by atoms with Crippen molar-refractivity contribution in [2.24, 2.45) is 28.6 Å². The first kappa shape index (κ1) is 27.7. The number of fused-ring (bicyclic) bond motifs is 5. The van der Waals surface area contributed by atoms with Crippen LogP contribution in [0.25, 0.3) is 0 Å². The molecule has 3 fully saturated rings. The first-order chi connectivity index (χ1) is 18.2. The van der Waals surface area contributed by atoms with Crippen LogP contribution in [0.4, 0.5) is 13.2 Å². The zero-order valence-corrected chi connectivity index (χ0v) is 22.2. The largest absolute Gasteiger partial charge is 0.508 e. The van der Waals surface area contributed by atoms with E-state index < -0.39 is 79.2 Å². The first-order valence-corrected chi connectivity index (χ1v) is 14.4. The Bertz CT molecular complexity index is 1400. The number of allylic oxidation sites excluding steroid dienone is 3. The van der Waals surface area contributed by atoms with Gasteiger partial charge in [0.15, 0.2) is 17.4 Å². The molecule has 1 aromatic rings. The van der Waals surface area contributed by atoms with Crippen molar-refractivity contribution in [2.45, 2.75) is 57.2 Å². The lowest BCUT2D eigenvalue weighted by Crippen LogP contribution is -2.67. The minimum Gasteiger partial charge on any atom is -0.508 e. The van der Waals surface area contributed by atoms with Crippen LogP contribution < -0.4 is 0 Å². The molecule has 12 heteroatoms. The minimum absolute atomic E-state index is 0.157. The number of ketones is 1. The lowest BCUT2D eigenvalue weighted by atomic mass is 9.45. The van der Waals surface area contributed by atoms with Gasteiger partial charge in [-0.1, -0.05) is 6.92 Å². The third-order valence-electron chi connectivity index (χ3n) is 10.0. The van der Waals surface area contributed by atoms with Crippen molar-refractivity contribution in [1.82, 2.24) is 0 Å². The summed E-state index contributed by atoms with van der Waals surface area (Å²) in [4.78, 5) is 39.9. The van der Waals surface area contributed by atoms with Crippen molar-refractivity contribution in [1.29, 1.82) is 0 Å². The van der Waals surface area contributed by atoms with Crippen LogP contribution in [0.15, 0.2) is 46.3 Å². The molecule has 7 atom stereocenters. The molecule has 0 bridgehead atoms. The number of hydrogen-bond donors (Lipinski definition) is 1. The Balaban J connectivity index is 1.66. The summed E-state index contributed by atoms with van der Waals surface area (Å²) >= 11 is 0. The summed E-state index contributed by atoms with van der Waals surface area (Å²) in [5.41, 5.74) is -7.67. The molecule has 3 saturated carbocycles. The average Bonchev–Trinajstić information content (AvgIpc) is 3.51. The molecule has 1 heterocycles. The molecule has 0 saturated heterocycles. The molecule has 39 heavy (non-hydrogen) atoms. The third-order valence-corrected chi connectivity index (χ3v) is 11.2. The first-order valence-electron chi connectivity index (χ1n) is 12.7. The molecule has 8 nitrogen and oxygen atoms in total. The van der Waals surface area contributed by atoms with E-state index in [1.807, 2.05) is 0 Å². The van der Waals surface area contributed by atoms with Crippen LogP contribution in [-0.4, -0.2) is 54.3 Å². The molecule has 0 aromatic carbocycles. The SMILES string of the molecule is C[C@]12C(=O)C=C(O)C=C1CCC1C3C[C@@H](CF)[C@](OC(=O)c4ccco4)(C(=O)S(=O)(=O)CF)[C@@]3(C)CCC12F. The number of halogens is 3. The predicted octanol–water partition coefficient (Wildman–Crippen LogP) is 4.52. The molecule has 0 spiro atoms. The van der Waals surface area contributed by atoms with Gasteiger partial charge in [-0.2, -0.15) is 0 Å². The summed E-state index contributed by atoms with van der Waals surface area (Å²) in [6, 6.07) is 0.484. The van der Waals surface area contributed by atoms with Crippen molar-refractivity contribution in [3.63, 3.8) is 0 Å². The van der Waals surface area contributed by atoms with Crippen molar-refractivity contribution in [2.75, 3.05) is 12.7 Å². The maximum atomic E-state index is 17.3. The lowest BCUT2D eigenvalue weighted by Gasteiger charge is -2.60. The molecule has 212 valence electrons. The van der Waals surface area contributed by atoms with Crippen LogP contribution >= 0.6 is 0 Å². The maximum Gasteiger partial charge on any atom is 0.375 e. The van der Waals surface area contributed by atoms with Crippen molar-refractivity contribution in [3.8, 4) is 0 Å². The van der Waals surface area contributed by atoms with E-state index in [4.69, 9.17) is 9.15 Å². The summed E-state index contributed by atoms with van der Waals surface area (Å²) in [6.45, 7) is 1.62. The molecule has 3 unspecified atom stereocenters. The van der Waals surface area contributed by atoms with Crippen LogP contribution in [0, 0.1) is 28.6 Å². The highest BCUT2D eigenvalue weighted by atomic mass is 32.2. The van der Waals surface area contributed by atoms with E-state index in [9.17, 15) is 36.7 Å². The van der Waals surface area contributed by atoms with Gasteiger partial charge in [0.2, 0.25) is 15.6 Å². The van der Waals surface area contributed by atoms with E-state index in [0.717, 1.165) is 12.3 Å². The number of sulfone groups is 1. The fraction of sp³-hybridized carbons (Fsp3) is 0.593. The number of aliphatic hydroxyl groups is 1. The van der Waals surface area contributed by atoms with Gasteiger partial charge in [0.05, 0.1) is 18.4 Å². The number of carbonyl (C=O) groups excluding carboxylic acids is 3. The summed E-state index contributed by atoms with van der Waals surface area (Å²) in [7, 11) is -5.15. The second-order valence-electron chi connectivity index (χ2n) is 11.5. The van der Waals surface area contributed by atoms with E-state index in [0.29, 0.717) is 5.57 Å². The summed E-state index contributed by atoms with van der Waals surface area (Å²) in [5.74, 6) is -5.87. The van der Waals surface area contributed by atoms with Crippen LogP contribution in [-0.2, 0) is 24.2 Å². The van der Waals surface area contributed by atoms with Crippen molar-refractivity contribution >= 4 is 26.7 Å². The number of aliphatic hydroxyl groups excluding tert-OH is 1. The molecular formula is C27H29F3O8S. The Labute approximate surface area is 223 Å². The Morgan fingerprint density at radius 2 is 1.90 bits per heavy atom. The van der Waals surface area contributed by atoms with Crippen LogP contribution in [0.5, 0.6) is 0 Å². The van der Waals surface area contributed by atoms with E-state index in [-0.39, 0.29) is 43.6 Å². The zero-order valence-electron chi connectivity index (χ0n) is 21.4. The van der Waals surface area contributed by atoms with Gasteiger partial charge in [-0.15, -0.1) is 0 Å². The fourth-order valence-electron chi connectivity index (χ4n) is 8.04. The van der Waals surface area contributed by atoms with E-state index in [2.05, 4.69) is 0 Å². The Morgan fingerprint density at radius 3 is 2.51 bits per heavy atom. The van der Waals surface area contributed by atoms with E-state index in [1.165, 1.54) is 32.1 Å². The van der Waals surface area contributed by atoms with Gasteiger partial charge in [-0.05, 0) is 74.6 Å². The minimum atomic E-state index is -5.15. The van der Waals surface area contributed by atoms with Crippen molar-refractivity contribution < 1.29 is 50.2 Å². The molecule has 5 rings (SSSR count). The van der Waals surface area contributed by atoms with E-state index in [1.54, 1.807) is 0 Å². The zero-order chi connectivity index (χ0) is 28.6. The lowest BCUT2D eigenvalue weighted by molar-refractivity contribution is -0.184. The number of alkyl halides is 3. The fourth-order valence-corrected chi connectivity index (χ4v) is 9.04. The summed E-state index contributed by atoms with van der Waals surface area (Å²) in [5, 5.41) is 8.22. The summed E-state index contributed by atoms with van der Waals surface area (Å²) < 4.78 is 81.8. The number of hydrogen-bond acceptors (Lipinski definition) is 8. The van der Waals surface area contributed by atoms with Gasteiger partial charge in [0.25, 0.3) is 5.12 Å². The predicted molar refractivity (Wildman–Crippen MR) is 130 cm³/mol. The van der Waals surface area contributed by atoms with Gasteiger partial charge in [-0.25, -0.2) is 22.0 Å². The molecule has 4 aliphatic rings. The Morgan fingerprint density at radius 1 is 1.18 bits per heavy atom. The molecule has 1 aromatic heterocycles. The Kier molecular flexibility index (Phi) is 6.25. The number of rotatable bonds is 5. The number of furan rings is 1. The second kappa shape index (κ2) is 8.81. The molecule has 0 aliphatic heterocycles. The van der Waals surface area contributed by atoms with Crippen molar-refractivity contribution in [3.05, 3.63) is 47.6 Å². The molecule has 0 amide bonds. The van der Waals surface area contributed by atoms with Gasteiger partial charge in [0, 0.05) is 17.4 Å². The quantitative estimate of drug-likeness (QED) is 0.512. The molecule has 1 N–H and O–H groups in total. The van der Waals surface area contributed by atoms with Crippen LogP contribution in [0.1, 0.15) is 56.5 Å². The average molecular weight is 571 g/mol. The highest BCUT2D eigenvalue weighted by Crippen LogP contribution is 2.71. The molecule has 4 aliphatic carbocycles. The van der Waals surface area contributed by atoms with Gasteiger partial charge < -0.3 is 14.3 Å². The normalized spacial score (nSPS) is 39.6. The Hall–Kier alpha value is -2.89. The standard InChI is InChI=1S/C27H29F3O8S/c1-24-7-8-26(30)18(6-5-15-10-17(31)12-21(32)25(15,26)2)19(24)11-16(13-28)27(24,23(34)39(35,36)14-29)38-22(33)20-4-3-9-37-20/h3-4,9-10,12,16,18-19,31H,5-8,11,13-14H2,1-2H3/t16-,18?,19?,24-,25+,26?,27-/m0/s1. The number of carbonyl (C=O) groups is 3. The van der Waals surface area contributed by atoms with Crippen LogP contribution in [0.3, 0.4) is 0 Å². The monoisotopic (exact) mass is 570 g/mol. The topological polar surface area (TPSA) is 128 Å². The van der Waals surface area contributed by atoms with Gasteiger partial charge in [0.1, 0.15) is 11.4 Å². The maximum absolute atomic E-state index is 17.3. The highest BCUT2D eigenvalue weighted by molar-refractivity contribution is 8.06. The second-order valence-corrected chi connectivity index (χ2v) is 13.3.